The molecule has 1 unspecified atom stereocenters. The number of quaternary nitrogens is 1. The van der Waals surface area contributed by atoms with Gasteiger partial charge in [-0.1, -0.05) is 30.3 Å². The number of rotatable bonds is 5. The largest absolute Gasteiger partial charge is 1.00 e. The molecule has 140 valence electrons. The molecule has 0 aromatic heterocycles. The van der Waals surface area contributed by atoms with Gasteiger partial charge in [-0.25, -0.2) is 0 Å². The molecule has 5 heteroatoms. The van der Waals surface area contributed by atoms with Crippen molar-refractivity contribution in [3.63, 3.8) is 0 Å². The first kappa shape index (κ1) is 20.4. The fraction of sp³-hybridized carbons (Fsp3) is 0.650. The van der Waals surface area contributed by atoms with Gasteiger partial charge in [-0.2, -0.15) is 0 Å². The lowest BCUT2D eigenvalue weighted by Crippen LogP contribution is -3.00. The summed E-state index contributed by atoms with van der Waals surface area (Å²) in [5.74, 6) is -0.856. The summed E-state index contributed by atoms with van der Waals surface area (Å²) >= 11 is 0. The average Bonchev–Trinajstić information content (AvgIpc) is 2.74. The highest BCUT2D eigenvalue weighted by atomic mass is 79.9. The minimum atomic E-state index is -0.572. The first-order valence-electron chi connectivity index (χ1n) is 9.18. The van der Waals surface area contributed by atoms with Crippen molar-refractivity contribution >= 4 is 5.97 Å². The number of benzene rings is 1. The minimum Gasteiger partial charge on any atom is -1.00 e. The SMILES string of the molecule is CC(C)[N+]1(C)[C@H]2CC[C@H]1CC(OC(=O)C(CO)c1ccccc1)C2.[Br-]. The van der Waals surface area contributed by atoms with Gasteiger partial charge < -0.3 is 31.3 Å². The lowest BCUT2D eigenvalue weighted by Gasteiger charge is -2.49. The van der Waals surface area contributed by atoms with Gasteiger partial charge in [0, 0.05) is 25.7 Å². The molecule has 2 aliphatic heterocycles. The van der Waals surface area contributed by atoms with Crippen LogP contribution in [0.25, 0.3) is 0 Å². The van der Waals surface area contributed by atoms with Crippen LogP contribution in [0.15, 0.2) is 30.3 Å². The van der Waals surface area contributed by atoms with Crippen LogP contribution >= 0.6 is 0 Å². The highest BCUT2D eigenvalue weighted by Crippen LogP contribution is 2.44. The second-order valence-electron chi connectivity index (χ2n) is 7.88. The third kappa shape index (κ3) is 3.79. The molecule has 2 fully saturated rings. The molecule has 0 radical (unpaired) electrons. The molecule has 2 aliphatic rings. The summed E-state index contributed by atoms with van der Waals surface area (Å²) in [6.45, 7) is 4.39. The fourth-order valence-electron chi connectivity index (χ4n) is 4.82. The predicted octanol–water partition coefficient (Wildman–Crippen LogP) is -0.142. The van der Waals surface area contributed by atoms with Gasteiger partial charge in [-0.05, 0) is 19.4 Å². The smallest absolute Gasteiger partial charge is 0.316 e. The summed E-state index contributed by atoms with van der Waals surface area (Å²) in [7, 11) is 2.37. The van der Waals surface area contributed by atoms with Crippen LogP contribution in [0.3, 0.4) is 0 Å². The van der Waals surface area contributed by atoms with Crippen molar-refractivity contribution in [2.75, 3.05) is 13.7 Å². The molecule has 2 heterocycles. The normalized spacial score (nSPS) is 32.1. The maximum atomic E-state index is 12.6. The number of ether oxygens (including phenoxy) is 1. The van der Waals surface area contributed by atoms with Gasteiger partial charge in [0.15, 0.2) is 0 Å². The van der Waals surface area contributed by atoms with Gasteiger partial charge in [0.05, 0.1) is 31.8 Å². The molecule has 2 saturated heterocycles. The number of carbonyl (C=O) groups excluding carboxylic acids is 1. The van der Waals surface area contributed by atoms with E-state index in [1.807, 2.05) is 30.3 Å². The molecule has 0 aliphatic carbocycles. The minimum absolute atomic E-state index is 0. The zero-order valence-corrected chi connectivity index (χ0v) is 17.0. The van der Waals surface area contributed by atoms with Gasteiger partial charge in [-0.3, -0.25) is 4.79 Å². The Hall–Kier alpha value is -0.910. The standard InChI is InChI=1S/C20H30NO3.BrH/c1-14(2)21(3)16-9-10-17(21)12-18(11-16)24-20(23)19(13-22)15-7-5-4-6-8-15;/h4-8,14,16-19,22H,9-13H2,1-3H3;1H/q+1;/p-1/t16-,17-,18?,19?,21?;/m0./s1. The van der Waals surface area contributed by atoms with Gasteiger partial charge >= 0.3 is 5.97 Å². The van der Waals surface area contributed by atoms with Gasteiger partial charge in [0.25, 0.3) is 0 Å². The van der Waals surface area contributed by atoms with E-state index in [1.54, 1.807) is 0 Å². The monoisotopic (exact) mass is 411 g/mol. The van der Waals surface area contributed by atoms with E-state index in [-0.39, 0.29) is 35.7 Å². The number of aliphatic hydroxyl groups is 1. The quantitative estimate of drug-likeness (QED) is 0.541. The lowest BCUT2D eigenvalue weighted by atomic mass is 9.94. The number of nitrogens with zero attached hydrogens (tertiary/aromatic N) is 1. The maximum absolute atomic E-state index is 12.6. The van der Waals surface area contributed by atoms with Gasteiger partial charge in [0.1, 0.15) is 12.0 Å². The van der Waals surface area contributed by atoms with Crippen LogP contribution in [0, 0.1) is 0 Å². The van der Waals surface area contributed by atoms with Gasteiger partial charge in [0.2, 0.25) is 0 Å². The Morgan fingerprint density at radius 2 is 1.76 bits per heavy atom. The summed E-state index contributed by atoms with van der Waals surface area (Å²) in [6.07, 6.45) is 4.36. The topological polar surface area (TPSA) is 46.5 Å². The molecule has 1 N–H and O–H groups in total. The average molecular weight is 412 g/mol. The number of piperidine rings is 1. The van der Waals surface area contributed by atoms with Crippen molar-refractivity contribution in [1.82, 2.24) is 0 Å². The third-order valence-corrected chi connectivity index (χ3v) is 6.54. The van der Waals surface area contributed by atoms with E-state index < -0.39 is 5.92 Å². The molecule has 0 saturated carbocycles. The maximum Gasteiger partial charge on any atom is 0.316 e. The third-order valence-electron chi connectivity index (χ3n) is 6.54. The molecule has 3 atom stereocenters. The van der Waals surface area contributed by atoms with Crippen molar-refractivity contribution < 1.29 is 36.1 Å². The van der Waals surface area contributed by atoms with E-state index in [0.29, 0.717) is 18.1 Å². The summed E-state index contributed by atoms with van der Waals surface area (Å²) in [5.41, 5.74) is 0.826. The Balaban J connectivity index is 0.00000225. The van der Waals surface area contributed by atoms with Crippen LogP contribution in [0.2, 0.25) is 0 Å². The molecular formula is C20H30BrNO3. The summed E-state index contributed by atoms with van der Waals surface area (Å²) in [4.78, 5) is 12.6. The van der Waals surface area contributed by atoms with Crippen molar-refractivity contribution in [2.45, 2.75) is 69.7 Å². The van der Waals surface area contributed by atoms with Crippen LogP contribution in [-0.4, -0.2) is 53.4 Å². The molecule has 3 rings (SSSR count). The first-order chi connectivity index (χ1) is 11.5. The van der Waals surface area contributed by atoms with Crippen LogP contribution in [0.4, 0.5) is 0 Å². The van der Waals surface area contributed by atoms with Crippen molar-refractivity contribution in [1.29, 1.82) is 0 Å². The second kappa shape index (κ2) is 8.19. The lowest BCUT2D eigenvalue weighted by molar-refractivity contribution is -0.968. The summed E-state index contributed by atoms with van der Waals surface area (Å²) < 4.78 is 6.96. The number of aliphatic hydroxyl groups excluding tert-OH is 1. The Morgan fingerprint density at radius 3 is 2.24 bits per heavy atom. The Kier molecular flexibility index (Phi) is 6.68. The van der Waals surface area contributed by atoms with E-state index in [2.05, 4.69) is 20.9 Å². The number of hydrogen-bond donors (Lipinski definition) is 1. The molecule has 4 nitrogen and oxygen atoms in total. The number of esters is 1. The Bertz CT molecular complexity index is 564. The molecule has 25 heavy (non-hydrogen) atoms. The highest BCUT2D eigenvalue weighted by Gasteiger charge is 2.53. The van der Waals surface area contributed by atoms with Crippen LogP contribution < -0.4 is 17.0 Å². The molecular weight excluding hydrogens is 382 g/mol. The van der Waals surface area contributed by atoms with Crippen molar-refractivity contribution in [3.05, 3.63) is 35.9 Å². The van der Waals surface area contributed by atoms with E-state index in [9.17, 15) is 9.90 Å². The molecule has 0 amide bonds. The zero-order valence-electron chi connectivity index (χ0n) is 15.4. The summed E-state index contributed by atoms with van der Waals surface area (Å²) in [6, 6.07) is 11.2. The number of carbonyl (C=O) groups is 1. The zero-order chi connectivity index (χ0) is 17.3. The van der Waals surface area contributed by atoms with Crippen molar-refractivity contribution in [2.24, 2.45) is 0 Å². The van der Waals surface area contributed by atoms with Crippen LogP contribution in [-0.2, 0) is 9.53 Å². The van der Waals surface area contributed by atoms with E-state index in [1.165, 1.54) is 12.8 Å². The second-order valence-corrected chi connectivity index (χ2v) is 7.88. The fourth-order valence-corrected chi connectivity index (χ4v) is 4.82. The van der Waals surface area contributed by atoms with Crippen LogP contribution in [0.1, 0.15) is 51.0 Å². The van der Waals surface area contributed by atoms with Gasteiger partial charge in [-0.15, -0.1) is 0 Å². The van der Waals surface area contributed by atoms with E-state index >= 15 is 0 Å². The Morgan fingerprint density at radius 1 is 1.20 bits per heavy atom. The highest BCUT2D eigenvalue weighted by molar-refractivity contribution is 5.78. The summed E-state index contributed by atoms with van der Waals surface area (Å²) in [5, 5.41) is 9.65. The number of fused-ring (bicyclic) bond motifs is 2. The molecule has 0 spiro atoms. The van der Waals surface area contributed by atoms with Crippen LogP contribution in [0.5, 0.6) is 0 Å². The number of hydrogen-bond acceptors (Lipinski definition) is 3. The first-order valence-corrected chi connectivity index (χ1v) is 9.18. The molecule has 1 aromatic rings. The Labute approximate surface area is 161 Å². The molecule has 1 aromatic carbocycles. The van der Waals surface area contributed by atoms with E-state index in [0.717, 1.165) is 22.9 Å². The van der Waals surface area contributed by atoms with Crippen molar-refractivity contribution in [3.8, 4) is 0 Å². The molecule has 2 bridgehead atoms. The number of halogens is 1. The van der Waals surface area contributed by atoms with E-state index in [4.69, 9.17) is 4.74 Å². The predicted molar refractivity (Wildman–Crippen MR) is 93.5 cm³/mol.